The van der Waals surface area contributed by atoms with Crippen LogP contribution in [0.25, 0.3) is 0 Å². The van der Waals surface area contributed by atoms with Gasteiger partial charge in [0.2, 0.25) is 11.8 Å². The first kappa shape index (κ1) is 13.1. The number of carboxylic acids is 1. The van der Waals surface area contributed by atoms with E-state index in [0.29, 0.717) is 11.7 Å². The molecular formula is C9H13N3O5. The number of aliphatic hydroxyl groups is 1. The van der Waals surface area contributed by atoms with E-state index in [2.05, 4.69) is 15.5 Å². The summed E-state index contributed by atoms with van der Waals surface area (Å²) in [6.45, 7) is 1.00. The van der Waals surface area contributed by atoms with Gasteiger partial charge in [-0.25, -0.2) is 4.79 Å². The van der Waals surface area contributed by atoms with Gasteiger partial charge in [-0.2, -0.15) is 4.98 Å². The van der Waals surface area contributed by atoms with Gasteiger partial charge in [0, 0.05) is 12.8 Å². The molecule has 1 rings (SSSR count). The molecule has 0 aliphatic rings. The number of nitrogens with zero attached hydrogens (tertiary/aromatic N) is 2. The highest BCUT2D eigenvalue weighted by atomic mass is 16.5. The smallest absolute Gasteiger partial charge is 0.328 e. The Morgan fingerprint density at radius 1 is 1.53 bits per heavy atom. The lowest BCUT2D eigenvalue weighted by Crippen LogP contribution is -2.43. The van der Waals surface area contributed by atoms with Crippen LogP contribution in [-0.4, -0.2) is 44.9 Å². The quantitative estimate of drug-likeness (QED) is 0.577. The molecule has 1 amide bonds. The van der Waals surface area contributed by atoms with Gasteiger partial charge in [0.25, 0.3) is 0 Å². The molecule has 0 fully saturated rings. The van der Waals surface area contributed by atoms with Gasteiger partial charge >= 0.3 is 5.97 Å². The summed E-state index contributed by atoms with van der Waals surface area (Å²) in [6.07, 6.45) is 0.246. The van der Waals surface area contributed by atoms with E-state index in [1.807, 2.05) is 0 Å². The highest BCUT2D eigenvalue weighted by Crippen LogP contribution is 2.00. The van der Waals surface area contributed by atoms with E-state index in [4.69, 9.17) is 14.7 Å². The predicted molar refractivity (Wildman–Crippen MR) is 54.0 cm³/mol. The molecule has 0 saturated carbocycles. The lowest BCUT2D eigenvalue weighted by Gasteiger charge is -2.10. The highest BCUT2D eigenvalue weighted by molar-refractivity contribution is 5.83. The zero-order valence-electron chi connectivity index (χ0n) is 9.21. The van der Waals surface area contributed by atoms with E-state index < -0.39 is 24.5 Å². The predicted octanol–water partition coefficient (Wildman–Crippen LogP) is -1.13. The normalized spacial score (nSPS) is 12.1. The number of aromatic nitrogens is 2. The lowest BCUT2D eigenvalue weighted by atomic mass is 10.2. The monoisotopic (exact) mass is 243 g/mol. The maximum atomic E-state index is 11.3. The van der Waals surface area contributed by atoms with E-state index in [1.54, 1.807) is 6.92 Å². The Bertz CT molecular complexity index is 403. The molecule has 0 aromatic carbocycles. The SMILES string of the molecule is Cc1noc(CCC(=O)NC(CO)C(=O)O)n1. The van der Waals surface area contributed by atoms with Crippen molar-refractivity contribution in [3.8, 4) is 0 Å². The molecule has 0 bridgehead atoms. The minimum Gasteiger partial charge on any atom is -0.480 e. The average molecular weight is 243 g/mol. The van der Waals surface area contributed by atoms with Gasteiger partial charge in [-0.15, -0.1) is 0 Å². The summed E-state index contributed by atoms with van der Waals surface area (Å²) in [5, 5.41) is 23.0. The van der Waals surface area contributed by atoms with Crippen molar-refractivity contribution >= 4 is 11.9 Å². The van der Waals surface area contributed by atoms with Crippen molar-refractivity contribution in [3.63, 3.8) is 0 Å². The Kier molecular flexibility index (Phi) is 4.58. The van der Waals surface area contributed by atoms with Gasteiger partial charge in [0.1, 0.15) is 6.04 Å². The molecule has 0 saturated heterocycles. The first-order valence-corrected chi connectivity index (χ1v) is 4.95. The molecule has 1 heterocycles. The zero-order valence-corrected chi connectivity index (χ0v) is 9.21. The molecule has 0 spiro atoms. The van der Waals surface area contributed by atoms with Crippen molar-refractivity contribution in [1.82, 2.24) is 15.5 Å². The van der Waals surface area contributed by atoms with Crippen LogP contribution < -0.4 is 5.32 Å². The van der Waals surface area contributed by atoms with Crippen LogP contribution in [0.5, 0.6) is 0 Å². The number of hydrogen-bond acceptors (Lipinski definition) is 6. The Morgan fingerprint density at radius 3 is 2.71 bits per heavy atom. The topological polar surface area (TPSA) is 126 Å². The van der Waals surface area contributed by atoms with Gasteiger partial charge in [0.15, 0.2) is 5.82 Å². The maximum Gasteiger partial charge on any atom is 0.328 e. The number of carboxylic acid groups (broad SMARTS) is 1. The second-order valence-electron chi connectivity index (χ2n) is 3.38. The maximum absolute atomic E-state index is 11.3. The summed E-state index contributed by atoms with van der Waals surface area (Å²) >= 11 is 0. The summed E-state index contributed by atoms with van der Waals surface area (Å²) < 4.78 is 4.79. The van der Waals surface area contributed by atoms with Crippen LogP contribution in [-0.2, 0) is 16.0 Å². The Hall–Kier alpha value is -1.96. The number of carbonyl (C=O) groups excluding carboxylic acids is 1. The van der Waals surface area contributed by atoms with Crippen molar-refractivity contribution < 1.29 is 24.3 Å². The number of nitrogens with one attached hydrogen (secondary N) is 1. The summed E-state index contributed by atoms with van der Waals surface area (Å²) in [4.78, 5) is 25.7. The van der Waals surface area contributed by atoms with Gasteiger partial charge in [-0.05, 0) is 6.92 Å². The molecule has 3 N–H and O–H groups in total. The minimum absolute atomic E-state index is 0.0193. The van der Waals surface area contributed by atoms with E-state index in [0.717, 1.165) is 0 Å². The van der Waals surface area contributed by atoms with Crippen molar-refractivity contribution in [1.29, 1.82) is 0 Å². The van der Waals surface area contributed by atoms with Crippen LogP contribution in [0.15, 0.2) is 4.52 Å². The van der Waals surface area contributed by atoms with Crippen LogP contribution in [0.3, 0.4) is 0 Å². The molecule has 17 heavy (non-hydrogen) atoms. The zero-order chi connectivity index (χ0) is 12.8. The third-order valence-electron chi connectivity index (χ3n) is 1.95. The second-order valence-corrected chi connectivity index (χ2v) is 3.38. The summed E-state index contributed by atoms with van der Waals surface area (Å²) in [5.74, 6) is -0.996. The van der Waals surface area contributed by atoms with Crippen LogP contribution in [0, 0.1) is 6.92 Å². The van der Waals surface area contributed by atoms with E-state index in [9.17, 15) is 9.59 Å². The van der Waals surface area contributed by atoms with Gasteiger partial charge in [-0.1, -0.05) is 5.16 Å². The first-order chi connectivity index (χ1) is 8.02. The fourth-order valence-electron chi connectivity index (χ4n) is 1.11. The van der Waals surface area contributed by atoms with Gasteiger partial charge < -0.3 is 20.1 Å². The molecule has 8 nitrogen and oxygen atoms in total. The molecule has 0 aliphatic heterocycles. The molecule has 1 aromatic heterocycles. The summed E-state index contributed by atoms with van der Waals surface area (Å²) in [6, 6.07) is -1.29. The molecule has 0 radical (unpaired) electrons. The minimum atomic E-state index is -1.29. The molecular weight excluding hydrogens is 230 g/mol. The number of aliphatic hydroxyl groups excluding tert-OH is 1. The summed E-state index contributed by atoms with van der Waals surface area (Å²) in [5.41, 5.74) is 0. The number of aryl methyl sites for hydroxylation is 2. The fourth-order valence-corrected chi connectivity index (χ4v) is 1.11. The van der Waals surface area contributed by atoms with Crippen molar-refractivity contribution in [2.24, 2.45) is 0 Å². The van der Waals surface area contributed by atoms with Crippen LogP contribution in [0.1, 0.15) is 18.1 Å². The molecule has 8 heteroatoms. The number of aliphatic carboxylic acids is 1. The molecule has 1 unspecified atom stereocenters. The van der Waals surface area contributed by atoms with Crippen molar-refractivity contribution in [2.75, 3.05) is 6.61 Å². The highest BCUT2D eigenvalue weighted by Gasteiger charge is 2.18. The Labute approximate surface area is 96.6 Å². The van der Waals surface area contributed by atoms with Gasteiger partial charge in [-0.3, -0.25) is 4.79 Å². The molecule has 1 aromatic rings. The molecule has 0 aliphatic carbocycles. The van der Waals surface area contributed by atoms with Crippen LogP contribution in [0.4, 0.5) is 0 Å². The number of rotatable bonds is 6. The summed E-state index contributed by atoms with van der Waals surface area (Å²) in [7, 11) is 0. The third-order valence-corrected chi connectivity index (χ3v) is 1.95. The van der Waals surface area contributed by atoms with Crippen LogP contribution in [0.2, 0.25) is 0 Å². The van der Waals surface area contributed by atoms with Crippen LogP contribution >= 0.6 is 0 Å². The van der Waals surface area contributed by atoms with E-state index in [1.165, 1.54) is 0 Å². The largest absolute Gasteiger partial charge is 0.480 e. The fraction of sp³-hybridized carbons (Fsp3) is 0.556. The molecule has 94 valence electrons. The number of amides is 1. The van der Waals surface area contributed by atoms with E-state index >= 15 is 0 Å². The molecule has 1 atom stereocenters. The average Bonchev–Trinajstić information content (AvgIpc) is 2.68. The third kappa shape index (κ3) is 4.19. The van der Waals surface area contributed by atoms with Crippen molar-refractivity contribution in [2.45, 2.75) is 25.8 Å². The standard InChI is InChI=1S/C9H13N3O5/c1-5-10-8(17-12-5)3-2-7(14)11-6(4-13)9(15)16/h6,13H,2-4H2,1H3,(H,11,14)(H,15,16). The van der Waals surface area contributed by atoms with Crippen molar-refractivity contribution in [3.05, 3.63) is 11.7 Å². The Balaban J connectivity index is 2.37. The van der Waals surface area contributed by atoms with E-state index in [-0.39, 0.29) is 12.8 Å². The Morgan fingerprint density at radius 2 is 2.24 bits per heavy atom. The number of hydrogen-bond donors (Lipinski definition) is 3. The lowest BCUT2D eigenvalue weighted by molar-refractivity contribution is -0.142. The van der Waals surface area contributed by atoms with Gasteiger partial charge in [0.05, 0.1) is 6.61 Å². The second kappa shape index (κ2) is 5.94. The first-order valence-electron chi connectivity index (χ1n) is 4.95. The number of carbonyl (C=O) groups is 2.